The van der Waals surface area contributed by atoms with Crippen molar-refractivity contribution in [2.75, 3.05) is 23.8 Å². The van der Waals surface area contributed by atoms with Crippen LogP contribution in [0.3, 0.4) is 0 Å². The Morgan fingerprint density at radius 2 is 2.05 bits per heavy atom. The lowest BCUT2D eigenvalue weighted by Gasteiger charge is -2.33. The Morgan fingerprint density at radius 1 is 1.33 bits per heavy atom. The van der Waals surface area contributed by atoms with Gasteiger partial charge in [0.25, 0.3) is 0 Å². The van der Waals surface area contributed by atoms with Gasteiger partial charge in [-0.05, 0) is 18.1 Å². The van der Waals surface area contributed by atoms with Crippen LogP contribution in [0.5, 0.6) is 0 Å². The summed E-state index contributed by atoms with van der Waals surface area (Å²) in [7, 11) is 2.08. The summed E-state index contributed by atoms with van der Waals surface area (Å²) in [5, 5.41) is 12.1. The SMILES string of the molecule is CN1CCC(Nc2ncc(C(=O)O)cn2)c2ccccc21. The summed E-state index contributed by atoms with van der Waals surface area (Å²) in [5.74, 6) is -0.574. The second-order valence-corrected chi connectivity index (χ2v) is 5.07. The lowest BCUT2D eigenvalue weighted by atomic mass is 9.97. The average Bonchev–Trinajstić information content (AvgIpc) is 2.51. The van der Waals surface area contributed by atoms with Gasteiger partial charge in [-0.1, -0.05) is 18.2 Å². The van der Waals surface area contributed by atoms with E-state index in [0.29, 0.717) is 5.95 Å². The second kappa shape index (κ2) is 5.40. The predicted octanol–water partition coefficient (Wildman–Crippen LogP) is 2.17. The van der Waals surface area contributed by atoms with Gasteiger partial charge < -0.3 is 15.3 Å². The second-order valence-electron chi connectivity index (χ2n) is 5.07. The Bertz CT molecular complexity index is 657. The molecule has 0 aliphatic carbocycles. The molecular weight excluding hydrogens is 268 g/mol. The van der Waals surface area contributed by atoms with Crippen molar-refractivity contribution in [3.8, 4) is 0 Å². The summed E-state index contributed by atoms with van der Waals surface area (Å²) in [6.45, 7) is 0.946. The summed E-state index contributed by atoms with van der Waals surface area (Å²) in [4.78, 5) is 21.2. The van der Waals surface area contributed by atoms with Crippen molar-refractivity contribution in [1.29, 1.82) is 0 Å². The molecule has 6 nitrogen and oxygen atoms in total. The molecule has 0 fully saturated rings. The Balaban J connectivity index is 1.82. The molecule has 2 aromatic rings. The van der Waals surface area contributed by atoms with Gasteiger partial charge in [-0.3, -0.25) is 0 Å². The van der Waals surface area contributed by atoms with Crippen molar-refractivity contribution in [1.82, 2.24) is 9.97 Å². The molecule has 0 radical (unpaired) electrons. The van der Waals surface area contributed by atoms with Gasteiger partial charge in [-0.15, -0.1) is 0 Å². The molecule has 1 aliphatic heterocycles. The first-order chi connectivity index (χ1) is 10.1. The number of benzene rings is 1. The fraction of sp³-hybridized carbons (Fsp3) is 0.267. The van der Waals surface area contributed by atoms with Crippen LogP contribution >= 0.6 is 0 Å². The third-order valence-electron chi connectivity index (χ3n) is 3.68. The summed E-state index contributed by atoms with van der Waals surface area (Å²) in [5.41, 5.74) is 2.49. The third kappa shape index (κ3) is 2.65. The van der Waals surface area contributed by atoms with Crippen LogP contribution in [0.4, 0.5) is 11.6 Å². The van der Waals surface area contributed by atoms with Crippen molar-refractivity contribution >= 4 is 17.6 Å². The number of anilines is 2. The lowest BCUT2D eigenvalue weighted by Crippen LogP contribution is -2.30. The zero-order valence-corrected chi connectivity index (χ0v) is 11.7. The number of hydrogen-bond donors (Lipinski definition) is 2. The van der Waals surface area contributed by atoms with Gasteiger partial charge in [0, 0.05) is 31.7 Å². The normalized spacial score (nSPS) is 17.2. The first-order valence-corrected chi connectivity index (χ1v) is 6.77. The van der Waals surface area contributed by atoms with E-state index in [1.54, 1.807) is 0 Å². The number of hydrogen-bond acceptors (Lipinski definition) is 5. The maximum Gasteiger partial charge on any atom is 0.338 e. The molecule has 6 heteroatoms. The average molecular weight is 284 g/mol. The molecule has 1 aliphatic rings. The zero-order valence-electron chi connectivity index (χ0n) is 11.7. The topological polar surface area (TPSA) is 78.4 Å². The van der Waals surface area contributed by atoms with Gasteiger partial charge in [0.15, 0.2) is 0 Å². The van der Waals surface area contributed by atoms with Gasteiger partial charge in [-0.25, -0.2) is 14.8 Å². The summed E-state index contributed by atoms with van der Waals surface area (Å²) < 4.78 is 0. The molecule has 3 rings (SSSR count). The molecule has 1 unspecified atom stereocenters. The van der Waals surface area contributed by atoms with E-state index in [2.05, 4.69) is 39.4 Å². The minimum absolute atomic E-state index is 0.0873. The molecule has 0 bridgehead atoms. The molecule has 0 amide bonds. The number of aromatic carboxylic acids is 1. The van der Waals surface area contributed by atoms with Crippen LogP contribution in [0, 0.1) is 0 Å². The molecule has 108 valence electrons. The summed E-state index contributed by atoms with van der Waals surface area (Å²) in [6.07, 6.45) is 3.58. The van der Waals surface area contributed by atoms with Crippen LogP contribution in [0.2, 0.25) is 0 Å². The first kappa shape index (κ1) is 13.4. The summed E-state index contributed by atoms with van der Waals surface area (Å²) in [6, 6.07) is 8.36. The standard InChI is InChI=1S/C15H16N4O2/c1-19-7-6-12(11-4-2-3-5-13(11)19)18-15-16-8-10(9-17-15)14(20)21/h2-5,8-9,12H,6-7H2,1H3,(H,20,21)(H,16,17,18). The number of para-hydroxylation sites is 1. The molecule has 0 saturated heterocycles. The van der Waals surface area contributed by atoms with Crippen molar-refractivity contribution in [3.63, 3.8) is 0 Å². The fourth-order valence-corrected chi connectivity index (χ4v) is 2.55. The predicted molar refractivity (Wildman–Crippen MR) is 79.7 cm³/mol. The molecule has 0 saturated carbocycles. The van der Waals surface area contributed by atoms with Gasteiger partial charge in [0.1, 0.15) is 0 Å². The van der Waals surface area contributed by atoms with E-state index in [-0.39, 0.29) is 11.6 Å². The number of fused-ring (bicyclic) bond motifs is 1. The summed E-state index contributed by atoms with van der Waals surface area (Å²) >= 11 is 0. The van der Waals surface area contributed by atoms with Crippen LogP contribution < -0.4 is 10.2 Å². The highest BCUT2D eigenvalue weighted by molar-refractivity contribution is 5.86. The minimum atomic E-state index is -1.02. The van der Waals surface area contributed by atoms with E-state index in [0.717, 1.165) is 13.0 Å². The zero-order chi connectivity index (χ0) is 14.8. The van der Waals surface area contributed by atoms with E-state index < -0.39 is 5.97 Å². The number of aromatic nitrogens is 2. The number of carbonyl (C=O) groups is 1. The Kier molecular flexibility index (Phi) is 3.43. The maximum absolute atomic E-state index is 10.8. The van der Waals surface area contributed by atoms with E-state index in [4.69, 9.17) is 5.11 Å². The Labute approximate surface area is 122 Å². The van der Waals surface area contributed by atoms with Gasteiger partial charge in [-0.2, -0.15) is 0 Å². The number of rotatable bonds is 3. The first-order valence-electron chi connectivity index (χ1n) is 6.77. The van der Waals surface area contributed by atoms with E-state index in [1.807, 2.05) is 12.1 Å². The third-order valence-corrected chi connectivity index (χ3v) is 3.68. The van der Waals surface area contributed by atoms with E-state index in [9.17, 15) is 4.79 Å². The maximum atomic E-state index is 10.8. The van der Waals surface area contributed by atoms with Crippen LogP contribution in [0.1, 0.15) is 28.4 Å². The Morgan fingerprint density at radius 3 is 2.76 bits per heavy atom. The number of nitrogens with zero attached hydrogens (tertiary/aromatic N) is 3. The largest absolute Gasteiger partial charge is 0.478 e. The van der Waals surface area contributed by atoms with Crippen LogP contribution in [0.15, 0.2) is 36.7 Å². The molecule has 21 heavy (non-hydrogen) atoms. The molecule has 1 aromatic carbocycles. The number of carboxylic acid groups (broad SMARTS) is 1. The van der Waals surface area contributed by atoms with Gasteiger partial charge in [0.2, 0.25) is 5.95 Å². The van der Waals surface area contributed by atoms with Crippen molar-refractivity contribution in [2.45, 2.75) is 12.5 Å². The van der Waals surface area contributed by atoms with Crippen molar-refractivity contribution in [3.05, 3.63) is 47.8 Å². The number of nitrogens with one attached hydrogen (secondary N) is 1. The molecular formula is C15H16N4O2. The molecule has 0 spiro atoms. The van der Waals surface area contributed by atoms with Gasteiger partial charge >= 0.3 is 5.97 Å². The minimum Gasteiger partial charge on any atom is -0.478 e. The molecule has 2 heterocycles. The molecule has 1 aromatic heterocycles. The smallest absolute Gasteiger partial charge is 0.338 e. The Hall–Kier alpha value is -2.63. The number of carboxylic acids is 1. The molecule has 1 atom stereocenters. The molecule has 2 N–H and O–H groups in total. The lowest BCUT2D eigenvalue weighted by molar-refractivity contribution is 0.0696. The van der Waals surface area contributed by atoms with E-state index in [1.165, 1.54) is 23.6 Å². The highest BCUT2D eigenvalue weighted by atomic mass is 16.4. The highest BCUT2D eigenvalue weighted by Crippen LogP contribution is 2.34. The quantitative estimate of drug-likeness (QED) is 0.899. The van der Waals surface area contributed by atoms with Crippen LogP contribution in [-0.4, -0.2) is 34.6 Å². The van der Waals surface area contributed by atoms with Gasteiger partial charge in [0.05, 0.1) is 11.6 Å². The van der Waals surface area contributed by atoms with Crippen molar-refractivity contribution < 1.29 is 9.90 Å². The van der Waals surface area contributed by atoms with Crippen LogP contribution in [0.25, 0.3) is 0 Å². The van der Waals surface area contributed by atoms with E-state index >= 15 is 0 Å². The highest BCUT2D eigenvalue weighted by Gasteiger charge is 2.23. The monoisotopic (exact) mass is 284 g/mol. The van der Waals surface area contributed by atoms with Crippen LogP contribution in [-0.2, 0) is 0 Å². The van der Waals surface area contributed by atoms with Crippen molar-refractivity contribution in [2.24, 2.45) is 0 Å². The fourth-order valence-electron chi connectivity index (χ4n) is 2.55.